The molecule has 2 heterocycles. The number of fused-ring (bicyclic) bond motifs is 3. The van der Waals surface area contributed by atoms with Gasteiger partial charge in [-0.15, -0.1) is 0 Å². The van der Waals surface area contributed by atoms with Crippen LogP contribution in [0.25, 0.3) is 0 Å². The van der Waals surface area contributed by atoms with Crippen molar-refractivity contribution < 1.29 is 14.3 Å². The monoisotopic (exact) mass is 405 g/mol. The minimum absolute atomic E-state index is 0.196. The Balaban J connectivity index is 1.36. The molecular formula is C23H32ClNO3. The van der Waals surface area contributed by atoms with Crippen molar-refractivity contribution in [1.29, 1.82) is 0 Å². The summed E-state index contributed by atoms with van der Waals surface area (Å²) in [6.07, 6.45) is 9.49. The standard InChI is InChI=1S/C23H32ClNO3/c1-2-3-10-25-11-8-16(9-12-25)15-27-23(26)20-14-17(24)13-19-18-6-4-5-7-21(18)28-22(19)20/h13-14,16,18,21H,2-12,15H2,1H3/t18-,21-/m1/s1. The number of carbonyl (C=O) groups excluding carboxylic acids is 1. The molecule has 5 heteroatoms. The van der Waals surface area contributed by atoms with E-state index in [-0.39, 0.29) is 12.1 Å². The minimum Gasteiger partial charge on any atom is -0.489 e. The van der Waals surface area contributed by atoms with Gasteiger partial charge in [-0.1, -0.05) is 31.4 Å². The van der Waals surface area contributed by atoms with Crippen LogP contribution in [0.15, 0.2) is 12.1 Å². The van der Waals surface area contributed by atoms with Crippen molar-refractivity contribution in [1.82, 2.24) is 4.90 Å². The second kappa shape index (κ2) is 9.04. The molecule has 4 rings (SSSR count). The normalized spacial score (nSPS) is 25.1. The molecule has 0 unspecified atom stereocenters. The maximum Gasteiger partial charge on any atom is 0.341 e. The fraction of sp³-hybridized carbons (Fsp3) is 0.696. The van der Waals surface area contributed by atoms with E-state index in [4.69, 9.17) is 21.1 Å². The molecule has 154 valence electrons. The Labute approximate surface area is 173 Å². The van der Waals surface area contributed by atoms with Crippen LogP contribution in [0, 0.1) is 5.92 Å². The maximum absolute atomic E-state index is 12.8. The van der Waals surface area contributed by atoms with Crippen LogP contribution in [0.4, 0.5) is 0 Å². The highest BCUT2D eigenvalue weighted by Gasteiger charge is 2.39. The first-order valence-corrected chi connectivity index (χ1v) is 11.4. The number of piperidine rings is 1. The third kappa shape index (κ3) is 4.33. The molecule has 1 aliphatic carbocycles. The second-order valence-corrected chi connectivity index (χ2v) is 9.09. The molecule has 0 bridgehead atoms. The number of hydrogen-bond donors (Lipinski definition) is 0. The van der Waals surface area contributed by atoms with Gasteiger partial charge in [0.15, 0.2) is 0 Å². The van der Waals surface area contributed by atoms with E-state index in [1.165, 1.54) is 32.2 Å². The van der Waals surface area contributed by atoms with Crippen LogP contribution in [-0.4, -0.2) is 43.2 Å². The summed E-state index contributed by atoms with van der Waals surface area (Å²) < 4.78 is 11.9. The molecule has 0 amide bonds. The SMILES string of the molecule is CCCCN1CCC(COC(=O)c2cc(Cl)cc3c2O[C@@H]2CCCC[C@H]32)CC1. The van der Waals surface area contributed by atoms with Crippen LogP contribution < -0.4 is 4.74 Å². The highest BCUT2D eigenvalue weighted by atomic mass is 35.5. The van der Waals surface area contributed by atoms with Crippen molar-refractivity contribution in [3.63, 3.8) is 0 Å². The lowest BCUT2D eigenvalue weighted by Crippen LogP contribution is -2.36. The van der Waals surface area contributed by atoms with Crippen LogP contribution in [0.3, 0.4) is 0 Å². The predicted octanol–water partition coefficient (Wildman–Crippen LogP) is 5.43. The lowest BCUT2D eigenvalue weighted by molar-refractivity contribution is 0.0366. The molecule has 0 radical (unpaired) electrons. The minimum atomic E-state index is -0.286. The molecule has 1 aromatic carbocycles. The number of esters is 1. The summed E-state index contributed by atoms with van der Waals surface area (Å²) >= 11 is 6.34. The van der Waals surface area contributed by atoms with E-state index < -0.39 is 0 Å². The fourth-order valence-corrected chi connectivity index (χ4v) is 5.17. The topological polar surface area (TPSA) is 38.8 Å². The molecule has 1 saturated heterocycles. The molecular weight excluding hydrogens is 374 g/mol. The highest BCUT2D eigenvalue weighted by Crippen LogP contribution is 2.48. The Morgan fingerprint density at radius 1 is 1.21 bits per heavy atom. The number of benzene rings is 1. The zero-order valence-corrected chi connectivity index (χ0v) is 17.7. The van der Waals surface area contributed by atoms with Gasteiger partial charge in [0, 0.05) is 16.5 Å². The number of likely N-dealkylation sites (tertiary alicyclic amines) is 1. The quantitative estimate of drug-likeness (QED) is 0.591. The molecule has 2 aliphatic heterocycles. The third-order valence-corrected chi connectivity index (χ3v) is 6.88. The van der Waals surface area contributed by atoms with E-state index in [2.05, 4.69) is 11.8 Å². The predicted molar refractivity (Wildman–Crippen MR) is 111 cm³/mol. The van der Waals surface area contributed by atoms with Crippen molar-refractivity contribution in [3.05, 3.63) is 28.3 Å². The number of nitrogens with zero attached hydrogens (tertiary/aromatic N) is 1. The Morgan fingerprint density at radius 3 is 2.79 bits per heavy atom. The number of unbranched alkanes of at least 4 members (excludes halogenated alkanes) is 1. The van der Waals surface area contributed by atoms with Crippen LogP contribution in [0.5, 0.6) is 5.75 Å². The van der Waals surface area contributed by atoms with Gasteiger partial charge in [-0.05, 0) is 76.2 Å². The first kappa shape index (κ1) is 20.0. The molecule has 1 saturated carbocycles. The molecule has 2 fully saturated rings. The van der Waals surface area contributed by atoms with E-state index in [9.17, 15) is 4.79 Å². The highest BCUT2D eigenvalue weighted by molar-refractivity contribution is 6.31. The summed E-state index contributed by atoms with van der Waals surface area (Å²) in [7, 11) is 0. The van der Waals surface area contributed by atoms with Crippen molar-refractivity contribution in [3.8, 4) is 5.75 Å². The van der Waals surface area contributed by atoms with Crippen LogP contribution in [-0.2, 0) is 4.74 Å². The lowest BCUT2D eigenvalue weighted by Gasteiger charge is -2.31. The maximum atomic E-state index is 12.8. The summed E-state index contributed by atoms with van der Waals surface area (Å²) in [5.41, 5.74) is 1.62. The Hall–Kier alpha value is -1.26. The fourth-order valence-electron chi connectivity index (χ4n) is 4.95. The van der Waals surface area contributed by atoms with Gasteiger partial charge in [-0.3, -0.25) is 0 Å². The van der Waals surface area contributed by atoms with E-state index in [1.807, 2.05) is 6.07 Å². The van der Waals surface area contributed by atoms with Gasteiger partial charge in [-0.2, -0.15) is 0 Å². The lowest BCUT2D eigenvalue weighted by atomic mass is 9.83. The third-order valence-electron chi connectivity index (χ3n) is 6.66. The zero-order chi connectivity index (χ0) is 19.5. The Bertz CT molecular complexity index is 699. The average Bonchev–Trinajstić information content (AvgIpc) is 3.09. The summed E-state index contributed by atoms with van der Waals surface area (Å²) in [4.78, 5) is 15.4. The van der Waals surface area contributed by atoms with Crippen molar-refractivity contribution in [2.24, 2.45) is 5.92 Å². The zero-order valence-electron chi connectivity index (χ0n) is 16.9. The van der Waals surface area contributed by atoms with Crippen molar-refractivity contribution >= 4 is 17.6 Å². The molecule has 4 nitrogen and oxygen atoms in total. The molecule has 0 N–H and O–H groups in total. The van der Waals surface area contributed by atoms with Crippen LogP contribution in [0.2, 0.25) is 5.02 Å². The number of carbonyl (C=O) groups is 1. The second-order valence-electron chi connectivity index (χ2n) is 8.66. The number of rotatable bonds is 6. The summed E-state index contributed by atoms with van der Waals surface area (Å²) in [6, 6.07) is 3.70. The Morgan fingerprint density at radius 2 is 2.00 bits per heavy atom. The van der Waals surface area contributed by atoms with E-state index >= 15 is 0 Å². The van der Waals surface area contributed by atoms with Gasteiger partial charge in [0.1, 0.15) is 17.4 Å². The number of hydrogen-bond acceptors (Lipinski definition) is 4. The average molecular weight is 406 g/mol. The van der Waals surface area contributed by atoms with Gasteiger partial charge in [0.2, 0.25) is 0 Å². The summed E-state index contributed by atoms with van der Waals surface area (Å²) in [5.74, 6) is 1.27. The smallest absolute Gasteiger partial charge is 0.341 e. The first-order chi connectivity index (χ1) is 13.7. The van der Waals surface area contributed by atoms with E-state index in [0.717, 1.165) is 50.1 Å². The molecule has 0 aromatic heterocycles. The van der Waals surface area contributed by atoms with Crippen LogP contribution in [0.1, 0.15) is 80.1 Å². The van der Waals surface area contributed by atoms with E-state index in [1.54, 1.807) is 6.07 Å². The van der Waals surface area contributed by atoms with Crippen molar-refractivity contribution in [2.75, 3.05) is 26.2 Å². The Kier molecular flexibility index (Phi) is 6.47. The molecule has 2 atom stereocenters. The number of halogens is 1. The summed E-state index contributed by atoms with van der Waals surface area (Å²) in [6.45, 7) is 6.14. The van der Waals surface area contributed by atoms with Gasteiger partial charge in [-0.25, -0.2) is 4.79 Å². The van der Waals surface area contributed by atoms with Crippen LogP contribution >= 0.6 is 11.6 Å². The first-order valence-electron chi connectivity index (χ1n) is 11.0. The summed E-state index contributed by atoms with van der Waals surface area (Å²) in [5, 5.41) is 0.602. The number of ether oxygens (including phenoxy) is 2. The molecule has 1 aromatic rings. The largest absolute Gasteiger partial charge is 0.489 e. The molecule has 0 spiro atoms. The van der Waals surface area contributed by atoms with Gasteiger partial charge >= 0.3 is 5.97 Å². The van der Waals surface area contributed by atoms with Gasteiger partial charge in [0.25, 0.3) is 0 Å². The van der Waals surface area contributed by atoms with E-state index in [0.29, 0.717) is 29.0 Å². The molecule has 28 heavy (non-hydrogen) atoms. The van der Waals surface area contributed by atoms with Gasteiger partial charge < -0.3 is 14.4 Å². The van der Waals surface area contributed by atoms with Gasteiger partial charge in [0.05, 0.1) is 6.61 Å². The van der Waals surface area contributed by atoms with Crippen molar-refractivity contribution in [2.45, 2.75) is 70.3 Å². The molecule has 3 aliphatic rings.